The Labute approximate surface area is 59.0 Å². The van der Waals surface area contributed by atoms with Crippen molar-refractivity contribution in [3.8, 4) is 0 Å². The van der Waals surface area contributed by atoms with Crippen molar-refractivity contribution in [3.05, 3.63) is 18.6 Å². The van der Waals surface area contributed by atoms with Crippen LogP contribution in [0.1, 0.15) is 39.5 Å². The first kappa shape index (κ1) is 8.74. The van der Waals surface area contributed by atoms with Gasteiger partial charge in [0.15, 0.2) is 0 Å². The number of allylic oxidation sites excluding steroid dienone is 2. The monoisotopic (exact) mass is 125 g/mol. The zero-order valence-corrected chi connectivity index (χ0v) is 6.61. The van der Waals surface area contributed by atoms with Crippen LogP contribution in [0.2, 0.25) is 0 Å². The van der Waals surface area contributed by atoms with Gasteiger partial charge < -0.3 is 0 Å². The Bertz CT molecular complexity index is 76.0. The molecule has 0 unspecified atom stereocenters. The maximum atomic E-state index is 3.78. The highest BCUT2D eigenvalue weighted by Gasteiger charge is 1.81. The molecule has 0 aromatic heterocycles. The van der Waals surface area contributed by atoms with E-state index in [0.29, 0.717) is 0 Å². The molecular formula is C9H17. The molecule has 53 valence electrons. The van der Waals surface area contributed by atoms with E-state index < -0.39 is 0 Å². The summed E-state index contributed by atoms with van der Waals surface area (Å²) in [5.74, 6) is 0. The fraction of sp³-hybridized carbons (Fsp3) is 0.667. The summed E-state index contributed by atoms with van der Waals surface area (Å²) in [5, 5.41) is 0. The van der Waals surface area contributed by atoms with Crippen LogP contribution in [-0.4, -0.2) is 0 Å². The first-order valence-electron chi connectivity index (χ1n) is 3.70. The van der Waals surface area contributed by atoms with Crippen LogP contribution in [0.5, 0.6) is 0 Å². The van der Waals surface area contributed by atoms with Gasteiger partial charge in [0.2, 0.25) is 0 Å². The van der Waals surface area contributed by atoms with Gasteiger partial charge in [-0.3, -0.25) is 0 Å². The van der Waals surface area contributed by atoms with Crippen LogP contribution in [0.25, 0.3) is 0 Å². The first-order valence-corrected chi connectivity index (χ1v) is 3.70. The summed E-state index contributed by atoms with van der Waals surface area (Å²) in [5.41, 5.74) is 1.43. The third-order valence-electron chi connectivity index (χ3n) is 1.26. The molecule has 0 spiro atoms. The van der Waals surface area contributed by atoms with Crippen LogP contribution >= 0.6 is 0 Å². The van der Waals surface area contributed by atoms with E-state index >= 15 is 0 Å². The van der Waals surface area contributed by atoms with Crippen LogP contribution in [0.15, 0.2) is 11.6 Å². The molecule has 0 heterocycles. The molecule has 1 radical (unpaired) electrons. The van der Waals surface area contributed by atoms with Crippen molar-refractivity contribution in [2.45, 2.75) is 39.5 Å². The lowest BCUT2D eigenvalue weighted by Gasteiger charge is -1.92. The van der Waals surface area contributed by atoms with E-state index in [-0.39, 0.29) is 0 Å². The fourth-order valence-electron chi connectivity index (χ4n) is 0.712. The second kappa shape index (κ2) is 5.87. The van der Waals surface area contributed by atoms with E-state index in [1.54, 1.807) is 0 Å². The van der Waals surface area contributed by atoms with Gasteiger partial charge in [0.25, 0.3) is 0 Å². The summed E-state index contributed by atoms with van der Waals surface area (Å²) in [6.45, 7) is 8.07. The fourth-order valence-corrected chi connectivity index (χ4v) is 0.712. The molecule has 0 bridgehead atoms. The first-order chi connectivity index (χ1) is 4.27. The SMILES string of the molecule is [CH2]CCCCC=C(C)C. The van der Waals surface area contributed by atoms with Crippen molar-refractivity contribution in [1.82, 2.24) is 0 Å². The highest BCUT2D eigenvalue weighted by Crippen LogP contribution is 2.01. The molecule has 0 rings (SSSR count). The molecule has 0 aromatic carbocycles. The molecule has 0 aliphatic carbocycles. The predicted molar refractivity (Wildman–Crippen MR) is 43.3 cm³/mol. The molecule has 0 heteroatoms. The van der Waals surface area contributed by atoms with Crippen molar-refractivity contribution in [2.24, 2.45) is 0 Å². The van der Waals surface area contributed by atoms with Gasteiger partial charge in [-0.15, -0.1) is 0 Å². The van der Waals surface area contributed by atoms with Gasteiger partial charge in [0, 0.05) is 0 Å². The standard InChI is InChI=1S/C9H17/c1-4-5-6-7-8-9(2)3/h8H,1,4-7H2,2-3H3. The third kappa shape index (κ3) is 7.74. The van der Waals surface area contributed by atoms with Gasteiger partial charge in [0.1, 0.15) is 0 Å². The van der Waals surface area contributed by atoms with Crippen LogP contribution < -0.4 is 0 Å². The summed E-state index contributed by atoms with van der Waals surface area (Å²) in [4.78, 5) is 0. The molecule has 0 aliphatic heterocycles. The minimum Gasteiger partial charge on any atom is -0.0859 e. The van der Waals surface area contributed by atoms with E-state index in [1.165, 1.54) is 24.8 Å². The van der Waals surface area contributed by atoms with Crippen LogP contribution in [0.4, 0.5) is 0 Å². The Morgan fingerprint density at radius 2 is 2.00 bits per heavy atom. The molecule has 0 atom stereocenters. The van der Waals surface area contributed by atoms with Crippen LogP contribution in [0, 0.1) is 6.92 Å². The van der Waals surface area contributed by atoms with Gasteiger partial charge >= 0.3 is 0 Å². The summed E-state index contributed by atoms with van der Waals surface area (Å²) in [6, 6.07) is 0. The smallest absolute Gasteiger partial charge is 0.0348 e. The molecule has 0 aliphatic rings. The second-order valence-corrected chi connectivity index (χ2v) is 2.63. The highest BCUT2D eigenvalue weighted by atomic mass is 13.9. The quantitative estimate of drug-likeness (QED) is 0.399. The molecule has 0 fully saturated rings. The van der Waals surface area contributed by atoms with Gasteiger partial charge in [-0.1, -0.05) is 31.4 Å². The second-order valence-electron chi connectivity index (χ2n) is 2.63. The van der Waals surface area contributed by atoms with Gasteiger partial charge in [0.05, 0.1) is 0 Å². The van der Waals surface area contributed by atoms with E-state index in [9.17, 15) is 0 Å². The van der Waals surface area contributed by atoms with E-state index in [2.05, 4.69) is 26.8 Å². The number of unbranched alkanes of at least 4 members (excludes halogenated alkanes) is 3. The minimum absolute atomic E-state index is 1.08. The van der Waals surface area contributed by atoms with Crippen molar-refractivity contribution in [1.29, 1.82) is 0 Å². The molecule has 0 aromatic rings. The third-order valence-corrected chi connectivity index (χ3v) is 1.26. The summed E-state index contributed by atoms with van der Waals surface area (Å²) in [7, 11) is 0. The topological polar surface area (TPSA) is 0 Å². The number of hydrogen-bond acceptors (Lipinski definition) is 0. The largest absolute Gasteiger partial charge is 0.0859 e. The Hall–Kier alpha value is -0.260. The minimum atomic E-state index is 1.08. The summed E-state index contributed by atoms with van der Waals surface area (Å²) in [6.07, 6.45) is 7.17. The summed E-state index contributed by atoms with van der Waals surface area (Å²) >= 11 is 0. The molecule has 0 nitrogen and oxygen atoms in total. The van der Waals surface area contributed by atoms with Crippen molar-refractivity contribution in [2.75, 3.05) is 0 Å². The van der Waals surface area contributed by atoms with Gasteiger partial charge in [-0.25, -0.2) is 0 Å². The zero-order valence-electron chi connectivity index (χ0n) is 6.61. The lowest BCUT2D eigenvalue weighted by Crippen LogP contribution is -1.72. The van der Waals surface area contributed by atoms with Crippen molar-refractivity contribution < 1.29 is 0 Å². The maximum absolute atomic E-state index is 3.78. The zero-order chi connectivity index (χ0) is 7.11. The molecule has 0 amide bonds. The molecule has 0 saturated heterocycles. The van der Waals surface area contributed by atoms with Crippen LogP contribution in [0.3, 0.4) is 0 Å². The lowest BCUT2D eigenvalue weighted by atomic mass is 10.2. The lowest BCUT2D eigenvalue weighted by molar-refractivity contribution is 0.758. The average Bonchev–Trinajstić information content (AvgIpc) is 1.80. The predicted octanol–water partition coefficient (Wildman–Crippen LogP) is 3.35. The van der Waals surface area contributed by atoms with Crippen LogP contribution in [-0.2, 0) is 0 Å². The average molecular weight is 125 g/mol. The Morgan fingerprint density at radius 1 is 1.33 bits per heavy atom. The Morgan fingerprint density at radius 3 is 2.44 bits per heavy atom. The normalized spacial score (nSPS) is 9.22. The number of hydrogen-bond donors (Lipinski definition) is 0. The summed E-state index contributed by atoms with van der Waals surface area (Å²) < 4.78 is 0. The van der Waals surface area contributed by atoms with E-state index in [4.69, 9.17) is 0 Å². The molecule has 0 N–H and O–H groups in total. The van der Waals surface area contributed by atoms with Crippen molar-refractivity contribution in [3.63, 3.8) is 0 Å². The maximum Gasteiger partial charge on any atom is -0.0348 e. The Balaban J connectivity index is 3.00. The molecule has 0 saturated carbocycles. The highest BCUT2D eigenvalue weighted by molar-refractivity contribution is 4.92. The number of rotatable bonds is 4. The van der Waals surface area contributed by atoms with Gasteiger partial charge in [-0.2, -0.15) is 0 Å². The Kier molecular flexibility index (Phi) is 5.70. The molecule has 9 heavy (non-hydrogen) atoms. The van der Waals surface area contributed by atoms with Crippen molar-refractivity contribution >= 4 is 0 Å². The van der Waals surface area contributed by atoms with E-state index in [1.807, 2.05) is 0 Å². The molecular weight excluding hydrogens is 108 g/mol. The van der Waals surface area contributed by atoms with E-state index in [0.717, 1.165) is 6.42 Å². The van der Waals surface area contributed by atoms with Gasteiger partial charge in [-0.05, 0) is 26.7 Å².